The summed E-state index contributed by atoms with van der Waals surface area (Å²) in [7, 11) is 1.56. The Morgan fingerprint density at radius 3 is 1.86 bits per heavy atom. The zero-order valence-electron chi connectivity index (χ0n) is 15.4. The first kappa shape index (κ1) is 20.0. The van der Waals surface area contributed by atoms with E-state index in [9.17, 15) is 26.3 Å². The lowest BCUT2D eigenvalue weighted by Crippen LogP contribution is -2.42. The minimum Gasteiger partial charge on any atom is -0.379 e. The van der Waals surface area contributed by atoms with Gasteiger partial charge in [0.15, 0.2) is 0 Å². The second-order valence-electron chi connectivity index (χ2n) is 7.16. The summed E-state index contributed by atoms with van der Waals surface area (Å²) in [4.78, 5) is 0. The van der Waals surface area contributed by atoms with Crippen LogP contribution in [0.5, 0.6) is 0 Å². The highest BCUT2D eigenvalue weighted by Crippen LogP contribution is 2.40. The number of nitrogens with one attached hydrogen (secondary N) is 1. The number of rotatable bonds is 2. The van der Waals surface area contributed by atoms with Crippen LogP contribution in [0.25, 0.3) is 21.8 Å². The number of aromatic nitrogens is 1. The molecule has 1 aliphatic heterocycles. The topological polar surface area (TPSA) is 26.2 Å². The first-order valence-electron chi connectivity index (χ1n) is 9.07. The Kier molecular flexibility index (Phi) is 4.77. The average molecular weight is 416 g/mol. The number of ether oxygens (including phenoxy) is 1. The molecule has 1 aliphatic rings. The van der Waals surface area contributed by atoms with Crippen LogP contribution in [0.3, 0.4) is 0 Å². The smallest absolute Gasteiger partial charge is 0.379 e. The predicted octanol–water partition coefficient (Wildman–Crippen LogP) is 5.38. The normalized spacial score (nSPS) is 21.2. The Hall–Kier alpha value is -2.26. The monoisotopic (exact) mass is 416 g/mol. The van der Waals surface area contributed by atoms with Gasteiger partial charge in [0.25, 0.3) is 0 Å². The van der Waals surface area contributed by atoms with Crippen LogP contribution in [0.2, 0.25) is 0 Å². The van der Waals surface area contributed by atoms with Crippen molar-refractivity contribution in [2.24, 2.45) is 0 Å². The molecule has 0 bridgehead atoms. The molecule has 2 atom stereocenters. The largest absolute Gasteiger partial charge is 0.416 e. The maximum absolute atomic E-state index is 13.2. The third kappa shape index (κ3) is 3.46. The van der Waals surface area contributed by atoms with E-state index in [0.29, 0.717) is 24.0 Å². The van der Waals surface area contributed by atoms with Crippen molar-refractivity contribution in [2.75, 3.05) is 20.2 Å². The Bertz CT molecular complexity index is 982. The Labute approximate surface area is 162 Å². The lowest BCUT2D eigenvalue weighted by molar-refractivity contribution is -0.138. The second-order valence-corrected chi connectivity index (χ2v) is 7.16. The summed E-state index contributed by atoms with van der Waals surface area (Å²) in [5.41, 5.74) is -0.899. The van der Waals surface area contributed by atoms with E-state index in [1.807, 2.05) is 0 Å². The maximum atomic E-state index is 13.2. The molecule has 1 unspecified atom stereocenters. The van der Waals surface area contributed by atoms with E-state index < -0.39 is 23.5 Å². The third-order valence-electron chi connectivity index (χ3n) is 5.48. The zero-order chi connectivity index (χ0) is 21.0. The van der Waals surface area contributed by atoms with Crippen LogP contribution in [0.1, 0.15) is 23.6 Å². The molecule has 9 heteroatoms. The zero-order valence-corrected chi connectivity index (χ0v) is 15.4. The van der Waals surface area contributed by atoms with Gasteiger partial charge in [0.2, 0.25) is 0 Å². The molecule has 1 N–H and O–H groups in total. The number of alkyl halides is 6. The van der Waals surface area contributed by atoms with Gasteiger partial charge in [-0.25, -0.2) is 0 Å². The molecule has 156 valence electrons. The predicted molar refractivity (Wildman–Crippen MR) is 96.8 cm³/mol. The highest BCUT2D eigenvalue weighted by atomic mass is 19.4. The van der Waals surface area contributed by atoms with Gasteiger partial charge in [0.1, 0.15) is 0 Å². The molecule has 1 saturated heterocycles. The van der Waals surface area contributed by atoms with Crippen molar-refractivity contribution in [3.63, 3.8) is 0 Å². The summed E-state index contributed by atoms with van der Waals surface area (Å²) in [5, 5.41) is 3.51. The molecule has 0 spiro atoms. The minimum atomic E-state index is -4.59. The quantitative estimate of drug-likeness (QED) is 0.568. The number of hydrogen-bond donors (Lipinski definition) is 1. The standard InChI is InChI=1S/C20H18F6N2O/c1-29-18-6-7-27-10-17(18)28-15-4-2-11(19(21,22)23)8-13(15)14-9-12(20(24,25)26)3-5-16(14)28/h2-5,8-9,17-18,27H,6-7,10H2,1H3/t17-,18?/m1/s1. The van der Waals surface area contributed by atoms with Gasteiger partial charge in [-0.2, -0.15) is 26.3 Å². The first-order valence-corrected chi connectivity index (χ1v) is 9.07. The van der Waals surface area contributed by atoms with E-state index in [1.165, 1.54) is 12.1 Å². The van der Waals surface area contributed by atoms with Crippen LogP contribution in [-0.2, 0) is 17.1 Å². The number of nitrogens with zero attached hydrogens (tertiary/aromatic N) is 1. The van der Waals surface area contributed by atoms with Crippen molar-refractivity contribution in [3.8, 4) is 0 Å². The summed E-state index contributed by atoms with van der Waals surface area (Å²) in [6, 6.07) is 6.15. The van der Waals surface area contributed by atoms with Crippen LogP contribution in [0, 0.1) is 0 Å². The minimum absolute atomic E-state index is 0.140. The van der Waals surface area contributed by atoms with Gasteiger partial charge in [-0.1, -0.05) is 0 Å². The van der Waals surface area contributed by atoms with Crippen LogP contribution < -0.4 is 5.32 Å². The third-order valence-corrected chi connectivity index (χ3v) is 5.48. The van der Waals surface area contributed by atoms with Crippen LogP contribution in [-0.4, -0.2) is 30.9 Å². The first-order chi connectivity index (χ1) is 13.6. The van der Waals surface area contributed by atoms with E-state index in [-0.39, 0.29) is 22.9 Å². The molecular formula is C20H18F6N2O. The summed E-state index contributed by atoms with van der Waals surface area (Å²) in [6.45, 7) is 1.22. The molecule has 1 aromatic heterocycles. The van der Waals surface area contributed by atoms with Crippen molar-refractivity contribution < 1.29 is 31.1 Å². The lowest BCUT2D eigenvalue weighted by Gasteiger charge is -2.33. The van der Waals surface area contributed by atoms with Crippen molar-refractivity contribution in [2.45, 2.75) is 30.9 Å². The average Bonchev–Trinajstić information content (AvgIpc) is 2.99. The van der Waals surface area contributed by atoms with Crippen LogP contribution in [0.15, 0.2) is 36.4 Å². The molecule has 0 aliphatic carbocycles. The van der Waals surface area contributed by atoms with Gasteiger partial charge >= 0.3 is 12.4 Å². The molecular weight excluding hydrogens is 398 g/mol. The summed E-state index contributed by atoms with van der Waals surface area (Å²) >= 11 is 0. The van der Waals surface area contributed by atoms with Crippen molar-refractivity contribution in [1.29, 1.82) is 0 Å². The van der Waals surface area contributed by atoms with E-state index in [0.717, 1.165) is 30.8 Å². The lowest BCUT2D eigenvalue weighted by atomic mass is 10.0. The summed E-state index contributed by atoms with van der Waals surface area (Å²) < 4.78 is 86.8. The van der Waals surface area contributed by atoms with Gasteiger partial charge in [-0.05, 0) is 49.4 Å². The van der Waals surface area contributed by atoms with Gasteiger partial charge in [-0.3, -0.25) is 0 Å². The highest BCUT2D eigenvalue weighted by molar-refractivity contribution is 6.08. The van der Waals surface area contributed by atoms with E-state index in [2.05, 4.69) is 5.32 Å². The molecule has 4 rings (SSSR count). The van der Waals surface area contributed by atoms with Gasteiger partial charge in [-0.15, -0.1) is 0 Å². The fraction of sp³-hybridized carbons (Fsp3) is 0.400. The molecule has 0 saturated carbocycles. The molecule has 0 amide bonds. The fourth-order valence-corrected chi connectivity index (χ4v) is 4.11. The van der Waals surface area contributed by atoms with Crippen LogP contribution >= 0.6 is 0 Å². The van der Waals surface area contributed by atoms with Gasteiger partial charge in [0, 0.05) is 35.5 Å². The summed E-state index contributed by atoms with van der Waals surface area (Å²) in [5.74, 6) is 0. The molecule has 29 heavy (non-hydrogen) atoms. The fourth-order valence-electron chi connectivity index (χ4n) is 4.11. The maximum Gasteiger partial charge on any atom is 0.416 e. The summed E-state index contributed by atoms with van der Waals surface area (Å²) in [6.07, 6.45) is -8.71. The molecule has 3 aromatic rings. The van der Waals surface area contributed by atoms with E-state index in [4.69, 9.17) is 4.74 Å². The molecule has 2 heterocycles. The van der Waals surface area contributed by atoms with E-state index >= 15 is 0 Å². The molecule has 3 nitrogen and oxygen atoms in total. The van der Waals surface area contributed by atoms with Crippen molar-refractivity contribution in [1.82, 2.24) is 9.88 Å². The van der Waals surface area contributed by atoms with Crippen molar-refractivity contribution in [3.05, 3.63) is 47.5 Å². The van der Waals surface area contributed by atoms with E-state index in [1.54, 1.807) is 11.7 Å². The van der Waals surface area contributed by atoms with Gasteiger partial charge in [0.05, 0.1) is 23.3 Å². The molecule has 2 aromatic carbocycles. The second kappa shape index (κ2) is 6.91. The Morgan fingerprint density at radius 1 is 0.897 bits per heavy atom. The number of halogens is 6. The SMILES string of the molecule is COC1CCNC[C@H]1n1c2ccc(C(F)(F)F)cc2c2cc(C(F)(F)F)ccc21. The molecule has 1 fully saturated rings. The number of hydrogen-bond acceptors (Lipinski definition) is 2. The van der Waals surface area contributed by atoms with Gasteiger partial charge < -0.3 is 14.6 Å². The number of fused-ring (bicyclic) bond motifs is 3. The van der Waals surface area contributed by atoms with Crippen molar-refractivity contribution >= 4 is 21.8 Å². The Morgan fingerprint density at radius 2 is 1.41 bits per heavy atom. The number of piperidine rings is 1. The number of methoxy groups -OCH3 is 1. The van der Waals surface area contributed by atoms with Crippen LogP contribution in [0.4, 0.5) is 26.3 Å². The Balaban J connectivity index is 2.03. The highest BCUT2D eigenvalue weighted by Gasteiger charge is 2.35. The molecule has 0 radical (unpaired) electrons. The number of benzene rings is 2.